The van der Waals surface area contributed by atoms with Gasteiger partial charge in [-0.1, -0.05) is 0 Å². The number of nitrogens with zero attached hydrogens (tertiary/aromatic N) is 8. The Morgan fingerprint density at radius 1 is 1.00 bits per heavy atom. The van der Waals surface area contributed by atoms with Crippen molar-refractivity contribution in [3.8, 4) is 28.5 Å². The van der Waals surface area contributed by atoms with Crippen LogP contribution in [0.1, 0.15) is 66.2 Å². The number of aryl methyl sites for hydroxylation is 2. The lowest BCUT2D eigenvalue weighted by Gasteiger charge is -2.46. The summed E-state index contributed by atoms with van der Waals surface area (Å²) in [7, 11) is 5.18. The van der Waals surface area contributed by atoms with Crippen molar-refractivity contribution in [2.24, 2.45) is 14.1 Å². The van der Waals surface area contributed by atoms with Gasteiger partial charge >= 0.3 is 6.18 Å². The van der Waals surface area contributed by atoms with Gasteiger partial charge in [-0.3, -0.25) is 4.68 Å². The predicted octanol–water partition coefficient (Wildman–Crippen LogP) is 5.02. The molecule has 2 atom stereocenters. The second-order valence-corrected chi connectivity index (χ2v) is 10.6. The third-order valence-electron chi connectivity index (χ3n) is 8.13. The van der Waals surface area contributed by atoms with Crippen LogP contribution >= 0.6 is 0 Å². The molecule has 202 valence electrons. The van der Waals surface area contributed by atoms with Gasteiger partial charge in [0.2, 0.25) is 5.88 Å². The van der Waals surface area contributed by atoms with Crippen LogP contribution in [0.3, 0.4) is 0 Å². The first-order chi connectivity index (χ1) is 18.7. The number of methoxy groups -OCH3 is 1. The summed E-state index contributed by atoms with van der Waals surface area (Å²) in [5, 5.41) is 5.00. The van der Waals surface area contributed by atoms with Crippen molar-refractivity contribution in [1.82, 2.24) is 34.3 Å². The molecule has 12 heteroatoms. The number of rotatable bonds is 5. The highest BCUT2D eigenvalue weighted by molar-refractivity contribution is 5.75. The normalized spacial score (nSPS) is 20.4. The second-order valence-electron chi connectivity index (χ2n) is 10.6. The number of alkyl halides is 3. The zero-order valence-corrected chi connectivity index (χ0v) is 21.8. The number of halogens is 3. The van der Waals surface area contributed by atoms with E-state index >= 15 is 0 Å². The number of fused-ring (bicyclic) bond motifs is 2. The number of hydrogen-bond acceptors (Lipinski definition) is 7. The molecule has 1 saturated heterocycles. The summed E-state index contributed by atoms with van der Waals surface area (Å²) in [5.74, 6) is 2.21. The molecule has 2 aliphatic carbocycles. The summed E-state index contributed by atoms with van der Waals surface area (Å²) in [5.41, 5.74) is 4.75. The Kier molecular flexibility index (Phi) is 5.27. The fourth-order valence-corrected chi connectivity index (χ4v) is 6.28. The molecule has 0 radical (unpaired) electrons. The lowest BCUT2D eigenvalue weighted by molar-refractivity contribution is -0.140. The zero-order chi connectivity index (χ0) is 27.1. The van der Waals surface area contributed by atoms with Gasteiger partial charge in [0, 0.05) is 61.7 Å². The van der Waals surface area contributed by atoms with E-state index in [4.69, 9.17) is 14.8 Å². The largest absolute Gasteiger partial charge is 0.480 e. The quantitative estimate of drug-likeness (QED) is 0.354. The Labute approximate surface area is 222 Å². The molecule has 2 aliphatic heterocycles. The van der Waals surface area contributed by atoms with Crippen LogP contribution in [0.2, 0.25) is 0 Å². The van der Waals surface area contributed by atoms with Crippen molar-refractivity contribution in [3.05, 3.63) is 53.5 Å². The van der Waals surface area contributed by atoms with Gasteiger partial charge in [-0.2, -0.15) is 18.3 Å². The first-order valence-electron chi connectivity index (χ1n) is 13.0. The van der Waals surface area contributed by atoms with Crippen molar-refractivity contribution in [2.45, 2.75) is 49.7 Å². The average Bonchev–Trinajstić information content (AvgIpc) is 3.61. The van der Waals surface area contributed by atoms with E-state index < -0.39 is 11.9 Å². The van der Waals surface area contributed by atoms with Crippen LogP contribution in [0.4, 0.5) is 19.0 Å². The zero-order valence-electron chi connectivity index (χ0n) is 21.8. The Bertz CT molecular complexity index is 1570. The Morgan fingerprint density at radius 3 is 2.46 bits per heavy atom. The highest BCUT2D eigenvalue weighted by atomic mass is 19.4. The molecule has 2 fully saturated rings. The summed E-state index contributed by atoms with van der Waals surface area (Å²) in [6.45, 7) is 0.793. The van der Waals surface area contributed by atoms with Crippen molar-refractivity contribution in [1.29, 1.82) is 0 Å². The van der Waals surface area contributed by atoms with E-state index in [1.807, 2.05) is 17.8 Å². The van der Waals surface area contributed by atoms with E-state index in [1.54, 1.807) is 32.7 Å². The van der Waals surface area contributed by atoms with Gasteiger partial charge in [0.1, 0.15) is 23.7 Å². The van der Waals surface area contributed by atoms with Crippen LogP contribution in [-0.4, -0.2) is 47.9 Å². The standard InChI is InChI=1S/C27H27F3N8O/c1-36-12-18(27(28,29)30)34-25(36)15-7-9-19(31-10-15)38-11-16-6-8-17(38)20-23(35-37(2)24(16)20)21-22(14-4-5-14)32-13-33-26(21)39-3/h7,9-10,12-14,16-17H,4-6,8,11H2,1-3H3. The molecule has 2 bridgehead atoms. The topological polar surface area (TPSA) is 86.8 Å². The molecule has 4 aromatic heterocycles. The van der Waals surface area contributed by atoms with E-state index in [-0.39, 0.29) is 17.8 Å². The first kappa shape index (κ1) is 24.1. The summed E-state index contributed by atoms with van der Waals surface area (Å²) in [6, 6.07) is 3.71. The summed E-state index contributed by atoms with van der Waals surface area (Å²) >= 11 is 0. The maximum Gasteiger partial charge on any atom is 0.434 e. The summed E-state index contributed by atoms with van der Waals surface area (Å²) in [6.07, 6.45) is 3.85. The molecular formula is C27H27F3N8O. The van der Waals surface area contributed by atoms with Crippen LogP contribution in [0.25, 0.3) is 22.6 Å². The Balaban J connectivity index is 1.27. The highest BCUT2D eigenvalue weighted by Crippen LogP contribution is 2.53. The number of imidazole rings is 1. The minimum absolute atomic E-state index is 0.0500. The Morgan fingerprint density at radius 2 is 1.79 bits per heavy atom. The number of aromatic nitrogens is 7. The smallest absolute Gasteiger partial charge is 0.434 e. The van der Waals surface area contributed by atoms with Crippen LogP contribution < -0.4 is 9.64 Å². The third kappa shape index (κ3) is 3.79. The maximum atomic E-state index is 13.2. The molecule has 4 aliphatic rings. The monoisotopic (exact) mass is 536 g/mol. The molecule has 1 saturated carbocycles. The van der Waals surface area contributed by atoms with Gasteiger partial charge in [0.05, 0.1) is 24.4 Å². The lowest BCUT2D eigenvalue weighted by atomic mass is 9.76. The predicted molar refractivity (Wildman–Crippen MR) is 136 cm³/mol. The average molecular weight is 537 g/mol. The number of hydrogen-bond donors (Lipinski definition) is 0. The minimum Gasteiger partial charge on any atom is -0.480 e. The second kappa shape index (κ2) is 8.52. The first-order valence-corrected chi connectivity index (χ1v) is 13.0. The molecule has 6 heterocycles. The van der Waals surface area contributed by atoms with Crippen LogP contribution in [-0.2, 0) is 20.3 Å². The maximum absolute atomic E-state index is 13.2. The summed E-state index contributed by atoms with van der Waals surface area (Å²) in [4.78, 5) is 19.8. The fraction of sp³-hybridized carbons (Fsp3) is 0.444. The van der Waals surface area contributed by atoms with Crippen LogP contribution in [0.5, 0.6) is 5.88 Å². The van der Waals surface area contributed by atoms with Gasteiger partial charge in [-0.05, 0) is 37.8 Å². The van der Waals surface area contributed by atoms with Crippen LogP contribution in [0, 0.1) is 0 Å². The number of piperidine rings is 1. The van der Waals surface area contributed by atoms with E-state index in [2.05, 4.69) is 19.9 Å². The molecule has 0 spiro atoms. The van der Waals surface area contributed by atoms with Crippen LogP contribution in [0.15, 0.2) is 30.9 Å². The molecule has 9 nitrogen and oxygen atoms in total. The van der Waals surface area contributed by atoms with E-state index in [1.165, 1.54) is 15.8 Å². The minimum atomic E-state index is -4.50. The summed E-state index contributed by atoms with van der Waals surface area (Å²) < 4.78 is 48.6. The molecule has 8 rings (SSSR count). The fourth-order valence-electron chi connectivity index (χ4n) is 6.28. The number of pyridine rings is 1. The Hall–Kier alpha value is -3.96. The molecule has 0 N–H and O–H groups in total. The van der Waals surface area contributed by atoms with Crippen molar-refractivity contribution >= 4 is 5.82 Å². The number of anilines is 1. The molecule has 2 unspecified atom stereocenters. The van der Waals surface area contributed by atoms with Crippen molar-refractivity contribution in [2.75, 3.05) is 18.6 Å². The molecule has 39 heavy (non-hydrogen) atoms. The van der Waals surface area contributed by atoms with E-state index in [0.717, 1.165) is 61.2 Å². The van der Waals surface area contributed by atoms with Gasteiger partial charge in [-0.15, -0.1) is 0 Å². The lowest BCUT2D eigenvalue weighted by Crippen LogP contribution is -2.43. The van der Waals surface area contributed by atoms with Gasteiger partial charge in [0.15, 0.2) is 5.69 Å². The highest BCUT2D eigenvalue weighted by Gasteiger charge is 2.45. The van der Waals surface area contributed by atoms with Gasteiger partial charge in [0.25, 0.3) is 0 Å². The van der Waals surface area contributed by atoms with Crippen molar-refractivity contribution < 1.29 is 17.9 Å². The van der Waals surface area contributed by atoms with Gasteiger partial charge < -0.3 is 14.2 Å². The van der Waals surface area contributed by atoms with Gasteiger partial charge in [-0.25, -0.2) is 19.9 Å². The third-order valence-corrected chi connectivity index (χ3v) is 8.13. The SMILES string of the molecule is COc1ncnc(C2CC2)c1-c1nn(C)c2c1C1CCC2CN1c1ccc(-c2nc(C(F)(F)F)cn2C)cn1. The van der Waals surface area contributed by atoms with E-state index in [0.29, 0.717) is 17.4 Å². The molecule has 4 aromatic rings. The molecule has 0 amide bonds. The van der Waals surface area contributed by atoms with E-state index in [9.17, 15) is 13.2 Å². The number of ether oxygens (including phenoxy) is 1. The van der Waals surface area contributed by atoms with Crippen molar-refractivity contribution in [3.63, 3.8) is 0 Å². The molecular weight excluding hydrogens is 509 g/mol. The molecule has 0 aromatic carbocycles.